The monoisotopic (exact) mass is 1460 g/mol. The quantitative estimate of drug-likeness (QED) is 0.0399. The van der Waals surface area contributed by atoms with E-state index in [0.717, 1.165) is 13.8 Å². The maximum atomic E-state index is 13.0. The second-order valence-electron chi connectivity index (χ2n) is 24.4. The zero-order chi connectivity index (χ0) is 72.6. The van der Waals surface area contributed by atoms with Crippen LogP contribution in [0.15, 0.2) is 0 Å². The molecule has 8 aliphatic rings. The minimum atomic E-state index is -5.33. The van der Waals surface area contributed by atoms with Crippen LogP contribution in [0.1, 0.15) is 27.7 Å². The molecule has 24 N–H and O–H groups in total. The largest absolute Gasteiger partial charge is 0.479 e. The number of carbonyl (C=O) groups excluding carboxylic acids is 2. The van der Waals surface area contributed by atoms with Crippen molar-refractivity contribution < 1.29 is 210 Å². The first-order chi connectivity index (χ1) is 45.9. The van der Waals surface area contributed by atoms with Crippen LogP contribution < -0.4 is 10.6 Å². The molecule has 8 saturated heterocycles. The highest BCUT2D eigenvalue weighted by Crippen LogP contribution is 2.40. The molecule has 8 heterocycles. The molecular weight excluding hydrogens is 1370 g/mol. The molecule has 40 atom stereocenters. The van der Waals surface area contributed by atoms with Gasteiger partial charge in [0.2, 0.25) is 11.8 Å². The third-order valence-electron chi connectivity index (χ3n) is 17.5. The fourth-order valence-corrected chi connectivity index (χ4v) is 12.5. The van der Waals surface area contributed by atoms with Crippen molar-refractivity contribution in [3.63, 3.8) is 0 Å². The number of aliphatic carboxylic acids is 1. The van der Waals surface area contributed by atoms with Crippen molar-refractivity contribution in [3.05, 3.63) is 0 Å². The Morgan fingerprint density at radius 3 is 1.26 bits per heavy atom. The molecule has 0 saturated carbocycles. The van der Waals surface area contributed by atoms with Gasteiger partial charge < -0.3 is 189 Å². The summed E-state index contributed by atoms with van der Waals surface area (Å²) in [6, 6.07) is -3.87. The molecular formula is C52H86N2O43S. The predicted molar refractivity (Wildman–Crippen MR) is 296 cm³/mol. The standard InChI is InChI=1S/C52H86N2O43S/c1-10-21(60)27(66)32(71)47(84-10)92-39-20(54-13(4)59)46(90-18(26(39)65)9-83-98(79,80)81)82-8-17-25(64)38(19(45(78)86-17)53-12(3)58)93-52-43(97-48-33(72)28(67)22(61)11(2)85-48)42(37(16(7-57)89-52)91-49-34(73)29(68)23(62)14(5-55)87-49)96-51-36(75)40(24(63)15(6-56)88-51)94-50-35(74)30(69)31(70)41(95-50)44(76)77/h10-11,14-43,45-52,55-57,60-75,78H,5-9H2,1-4H3,(H,53,58)(H,54,59)(H,76,77)(H,79,80,81)/t10-,11-,14+,15+,16+,17+,18+,19+,20+,21+,22+,23-,24-,25-,26+,27+,28+,29-,30-,31-,32-,33-,34+,35+,36+,37-,38+,39+,40-,41-,42-,43+,45-,46+,47-,48-,49-,50+,51-,52-/m0/s1. The number of ether oxygens (including phenoxy) is 15. The van der Waals surface area contributed by atoms with Gasteiger partial charge >= 0.3 is 16.4 Å². The fraction of sp³-hybridized carbons (Fsp3) is 0.942. The van der Waals surface area contributed by atoms with E-state index in [1.54, 1.807) is 0 Å². The van der Waals surface area contributed by atoms with Gasteiger partial charge in [-0.25, -0.2) is 8.98 Å². The van der Waals surface area contributed by atoms with Crippen LogP contribution in [0.4, 0.5) is 0 Å². The van der Waals surface area contributed by atoms with Crippen molar-refractivity contribution in [1.29, 1.82) is 0 Å². The summed E-state index contributed by atoms with van der Waals surface area (Å²) in [5.41, 5.74) is 0. The summed E-state index contributed by atoms with van der Waals surface area (Å²) >= 11 is 0. The number of aliphatic hydroxyl groups excluding tert-OH is 20. The van der Waals surface area contributed by atoms with Crippen LogP contribution in [-0.4, -0.2) is 417 Å². The summed E-state index contributed by atoms with van der Waals surface area (Å²) in [5, 5.41) is 236. The predicted octanol–water partition coefficient (Wildman–Crippen LogP) is -16.2. The number of rotatable bonds is 24. The zero-order valence-corrected chi connectivity index (χ0v) is 52.8. The highest BCUT2D eigenvalue weighted by molar-refractivity contribution is 7.80. The second kappa shape index (κ2) is 33.8. The van der Waals surface area contributed by atoms with E-state index in [0.29, 0.717) is 0 Å². The molecule has 0 aromatic heterocycles. The number of carboxylic acid groups (broad SMARTS) is 1. The topological polar surface area (TPSA) is 702 Å². The molecule has 2 amide bonds. The molecule has 0 unspecified atom stereocenters. The smallest absolute Gasteiger partial charge is 0.397 e. The molecule has 45 nitrogen and oxygen atoms in total. The van der Waals surface area contributed by atoms with E-state index < -0.39 is 307 Å². The molecule has 8 fully saturated rings. The molecule has 8 aliphatic heterocycles. The number of hydrogen-bond donors (Lipinski definition) is 24. The van der Waals surface area contributed by atoms with E-state index in [-0.39, 0.29) is 0 Å². The lowest BCUT2D eigenvalue weighted by atomic mass is 9.93. The molecule has 98 heavy (non-hydrogen) atoms. The summed E-state index contributed by atoms with van der Waals surface area (Å²) < 4.78 is 126. The van der Waals surface area contributed by atoms with Gasteiger partial charge in [-0.15, -0.1) is 0 Å². The van der Waals surface area contributed by atoms with Gasteiger partial charge in [0.25, 0.3) is 0 Å². The maximum Gasteiger partial charge on any atom is 0.397 e. The highest BCUT2D eigenvalue weighted by atomic mass is 32.3. The molecule has 0 aromatic rings. The Labute approximate surface area is 553 Å². The Morgan fingerprint density at radius 1 is 0.367 bits per heavy atom. The highest BCUT2D eigenvalue weighted by Gasteiger charge is 2.61. The van der Waals surface area contributed by atoms with Crippen LogP contribution in [0.2, 0.25) is 0 Å². The number of carboxylic acids is 1. The van der Waals surface area contributed by atoms with Crippen molar-refractivity contribution in [1.82, 2.24) is 10.6 Å². The SMILES string of the molecule is CC(=O)N[C@@H]1[C@@H](O[C@@H]2O[C@H](CO)[C@H](O[C@@H]3O[C@H](CO)[C@H](O)[C@H](O)[C@H]3O)[C@H](O[C@@H]3O[C@H](CO)[C@H](O)[C@H](O[C@@H]4O[C@H](C(=O)O)[C@@H](O)[C@H](O)[C@H]4O)[C@H]3O)[C@H]2O[C@@H]2O[C@@H](C)[C@@H](O)[C@@H](O)[C@@H]2O)[C@@H](O)[C@@H](CO[C@@H]2O[C@H](COS(=O)(=O)O)[C@@H](O)[C@H](O[C@@H]3O[C@@H](C)[C@@H](O)[C@@H](O)[C@@H]3O)[C@H]2NC(C)=O)O[C@@H]1O. The Bertz CT molecular complexity index is 2700. The fourth-order valence-electron chi connectivity index (χ4n) is 12.2. The third-order valence-corrected chi connectivity index (χ3v) is 18.0. The van der Waals surface area contributed by atoms with Crippen LogP contribution in [-0.2, 0) is 100 Å². The van der Waals surface area contributed by atoms with Crippen molar-refractivity contribution in [2.24, 2.45) is 0 Å². The van der Waals surface area contributed by atoms with E-state index in [4.69, 9.17) is 71.1 Å². The minimum absolute atomic E-state index is 0.905. The molecule has 0 radical (unpaired) electrons. The molecule has 0 aromatic carbocycles. The van der Waals surface area contributed by atoms with E-state index in [9.17, 15) is 135 Å². The summed E-state index contributed by atoms with van der Waals surface area (Å²) in [6.45, 7) is -1.75. The summed E-state index contributed by atoms with van der Waals surface area (Å²) in [4.78, 5) is 37.9. The first kappa shape index (κ1) is 80.6. The summed E-state index contributed by atoms with van der Waals surface area (Å²) in [5.74, 6) is -3.83. The lowest BCUT2D eigenvalue weighted by Gasteiger charge is -2.52. The molecule has 0 aliphatic carbocycles. The second-order valence-corrected chi connectivity index (χ2v) is 25.5. The van der Waals surface area contributed by atoms with Crippen LogP contribution >= 0.6 is 0 Å². The number of hydrogen-bond acceptors (Lipinski definition) is 41. The summed E-state index contributed by atoms with van der Waals surface area (Å²) in [6.07, 6.45) is -82.1. The average Bonchev–Trinajstić information content (AvgIpc) is 0.762. The molecule has 0 spiro atoms. The van der Waals surface area contributed by atoms with Gasteiger partial charge in [0.1, 0.15) is 177 Å². The number of aliphatic hydroxyl groups is 20. The lowest BCUT2D eigenvalue weighted by Crippen LogP contribution is -2.71. The van der Waals surface area contributed by atoms with Gasteiger partial charge in [-0.2, -0.15) is 8.42 Å². The van der Waals surface area contributed by atoms with Crippen LogP contribution in [0, 0.1) is 0 Å². The molecule has 0 bridgehead atoms. The number of carbonyl (C=O) groups is 3. The molecule has 8 rings (SSSR count). The average molecular weight is 1460 g/mol. The minimum Gasteiger partial charge on any atom is -0.479 e. The van der Waals surface area contributed by atoms with Crippen molar-refractivity contribution in [3.8, 4) is 0 Å². The maximum absolute atomic E-state index is 13.0. The Balaban J connectivity index is 1.19. The van der Waals surface area contributed by atoms with Gasteiger partial charge in [-0.05, 0) is 13.8 Å². The first-order valence-electron chi connectivity index (χ1n) is 30.5. The van der Waals surface area contributed by atoms with Gasteiger partial charge in [0.05, 0.1) is 45.2 Å². The van der Waals surface area contributed by atoms with E-state index in [1.807, 2.05) is 0 Å². The Morgan fingerprint density at radius 2 is 0.745 bits per heavy atom. The lowest BCUT2D eigenvalue weighted by molar-refractivity contribution is -0.419. The van der Waals surface area contributed by atoms with Crippen LogP contribution in [0.5, 0.6) is 0 Å². The van der Waals surface area contributed by atoms with Gasteiger partial charge in [0, 0.05) is 13.8 Å². The Hall–Kier alpha value is -3.12. The third kappa shape index (κ3) is 17.8. The van der Waals surface area contributed by atoms with Crippen LogP contribution in [0.3, 0.4) is 0 Å². The Kier molecular flexibility index (Phi) is 27.8. The van der Waals surface area contributed by atoms with E-state index >= 15 is 0 Å². The van der Waals surface area contributed by atoms with E-state index in [1.165, 1.54) is 13.8 Å². The number of nitrogens with one attached hydrogen (secondary N) is 2. The zero-order valence-electron chi connectivity index (χ0n) is 51.9. The molecule has 568 valence electrons. The van der Waals surface area contributed by atoms with Gasteiger partial charge in [-0.1, -0.05) is 0 Å². The molecule has 46 heteroatoms. The van der Waals surface area contributed by atoms with Crippen molar-refractivity contribution >= 4 is 28.2 Å². The van der Waals surface area contributed by atoms with Gasteiger partial charge in [0.15, 0.2) is 56.4 Å². The summed E-state index contributed by atoms with van der Waals surface area (Å²) in [7, 11) is -5.33. The van der Waals surface area contributed by atoms with Gasteiger partial charge in [-0.3, -0.25) is 14.1 Å². The van der Waals surface area contributed by atoms with E-state index in [2.05, 4.69) is 14.8 Å². The van der Waals surface area contributed by atoms with Crippen LogP contribution in [0.25, 0.3) is 0 Å². The normalized spacial score (nSPS) is 49.7. The first-order valence-corrected chi connectivity index (χ1v) is 31.9. The van der Waals surface area contributed by atoms with Crippen molar-refractivity contribution in [2.45, 2.75) is 273 Å². The number of amides is 2. The van der Waals surface area contributed by atoms with Crippen molar-refractivity contribution in [2.75, 3.05) is 33.0 Å².